The Morgan fingerprint density at radius 1 is 1.90 bits per heavy atom. The van der Waals surface area contributed by atoms with E-state index in [0.29, 0.717) is 18.2 Å². The zero-order valence-corrected chi connectivity index (χ0v) is 6.52. The van der Waals surface area contributed by atoms with Crippen LogP contribution < -0.4 is 0 Å². The van der Waals surface area contributed by atoms with E-state index in [4.69, 9.17) is 4.74 Å². The third kappa shape index (κ3) is 1.54. The maximum absolute atomic E-state index is 5.07. The van der Waals surface area contributed by atoms with Crippen LogP contribution in [0.3, 0.4) is 0 Å². The zero-order valence-electron chi connectivity index (χ0n) is 5.70. The fourth-order valence-electron chi connectivity index (χ4n) is 0.532. The smallest absolute Gasteiger partial charge is 0.207 e. The van der Waals surface area contributed by atoms with Gasteiger partial charge in [0, 0.05) is 0 Å². The second-order valence-corrected chi connectivity index (χ2v) is 2.22. The Kier molecular flexibility index (Phi) is 2.39. The van der Waals surface area contributed by atoms with E-state index in [1.807, 2.05) is 6.92 Å². The van der Waals surface area contributed by atoms with Crippen LogP contribution in [0.25, 0.3) is 5.76 Å². The molecular weight excluding hydrogens is 148 g/mol. The predicted octanol–water partition coefficient (Wildman–Crippen LogP) is 1.55. The molecule has 0 fully saturated rings. The average Bonchev–Trinajstić information content (AvgIpc) is 2.38. The van der Waals surface area contributed by atoms with Gasteiger partial charge in [-0.2, -0.15) is 4.37 Å². The molecule has 0 atom stereocenters. The molecule has 4 heteroatoms. The highest BCUT2D eigenvalue weighted by Gasteiger charge is 2.00. The molecule has 1 rings (SSSR count). The van der Waals surface area contributed by atoms with Gasteiger partial charge in [-0.15, -0.1) is 0 Å². The number of ether oxygens (including phenoxy) is 1. The fraction of sp³-hybridized carbons (Fsp3) is 0.333. The Morgan fingerprint density at radius 3 is 3.20 bits per heavy atom. The minimum atomic E-state index is 0.545. The molecule has 0 saturated heterocycles. The summed E-state index contributed by atoms with van der Waals surface area (Å²) < 4.78 is 9.01. The average molecular weight is 156 g/mol. The second-order valence-electron chi connectivity index (χ2n) is 1.61. The molecule has 54 valence electrons. The molecule has 10 heavy (non-hydrogen) atoms. The first kappa shape index (κ1) is 7.21. The molecular formula is C6H8N2OS. The molecule has 0 aromatic carbocycles. The Morgan fingerprint density at radius 2 is 2.70 bits per heavy atom. The number of rotatable bonds is 3. The van der Waals surface area contributed by atoms with Crippen molar-refractivity contribution in [3.8, 4) is 0 Å². The lowest BCUT2D eigenvalue weighted by molar-refractivity contribution is 0.296. The molecule has 0 aliphatic rings. The summed E-state index contributed by atoms with van der Waals surface area (Å²) in [6.07, 6.45) is 0. The van der Waals surface area contributed by atoms with Crippen LogP contribution in [0.4, 0.5) is 0 Å². The lowest BCUT2D eigenvalue weighted by Crippen LogP contribution is -1.90. The van der Waals surface area contributed by atoms with E-state index in [-0.39, 0.29) is 0 Å². The van der Waals surface area contributed by atoms with Crippen LogP contribution >= 0.6 is 11.5 Å². The molecule has 0 aliphatic carbocycles. The van der Waals surface area contributed by atoms with E-state index in [1.54, 1.807) is 5.51 Å². The fourth-order valence-corrected chi connectivity index (χ4v) is 0.975. The van der Waals surface area contributed by atoms with Crippen molar-refractivity contribution in [2.45, 2.75) is 6.92 Å². The molecule has 3 nitrogen and oxygen atoms in total. The van der Waals surface area contributed by atoms with Crippen molar-refractivity contribution >= 4 is 17.3 Å². The van der Waals surface area contributed by atoms with Crippen molar-refractivity contribution in [2.24, 2.45) is 0 Å². The van der Waals surface area contributed by atoms with Gasteiger partial charge in [0.15, 0.2) is 5.76 Å². The lowest BCUT2D eigenvalue weighted by atomic mass is 10.5. The Hall–Kier alpha value is -0.900. The summed E-state index contributed by atoms with van der Waals surface area (Å²) >= 11 is 1.29. The van der Waals surface area contributed by atoms with Crippen molar-refractivity contribution in [2.75, 3.05) is 6.61 Å². The summed E-state index contributed by atoms with van der Waals surface area (Å²) in [6.45, 7) is 6.16. The standard InChI is InChI=1S/C6H8N2OS/c1-3-9-5(2)6-7-4-10-8-6/h4H,2-3H2,1H3. The van der Waals surface area contributed by atoms with E-state index in [0.717, 1.165) is 0 Å². The van der Waals surface area contributed by atoms with Crippen LogP contribution in [0, 0.1) is 0 Å². The van der Waals surface area contributed by atoms with Gasteiger partial charge in [0.2, 0.25) is 5.82 Å². The maximum atomic E-state index is 5.07. The summed E-state index contributed by atoms with van der Waals surface area (Å²) in [7, 11) is 0. The molecule has 1 aromatic rings. The first-order chi connectivity index (χ1) is 4.84. The maximum Gasteiger partial charge on any atom is 0.207 e. The molecule has 0 unspecified atom stereocenters. The van der Waals surface area contributed by atoms with Crippen LogP contribution in [0.1, 0.15) is 12.7 Å². The second kappa shape index (κ2) is 3.31. The Labute approximate surface area is 63.5 Å². The van der Waals surface area contributed by atoms with Crippen LogP contribution in [-0.2, 0) is 4.74 Å². The first-order valence-electron chi connectivity index (χ1n) is 2.93. The highest BCUT2D eigenvalue weighted by atomic mass is 32.1. The summed E-state index contributed by atoms with van der Waals surface area (Å²) in [5, 5.41) is 0. The Bertz CT molecular complexity index is 208. The lowest BCUT2D eigenvalue weighted by Gasteiger charge is -1.99. The summed E-state index contributed by atoms with van der Waals surface area (Å²) in [6, 6.07) is 0. The number of nitrogens with zero attached hydrogens (tertiary/aromatic N) is 2. The molecule has 0 N–H and O–H groups in total. The van der Waals surface area contributed by atoms with E-state index in [2.05, 4.69) is 15.9 Å². The van der Waals surface area contributed by atoms with Gasteiger partial charge in [-0.1, -0.05) is 6.58 Å². The molecule has 1 aromatic heterocycles. The van der Waals surface area contributed by atoms with Crippen molar-refractivity contribution < 1.29 is 4.74 Å². The molecule has 1 heterocycles. The largest absolute Gasteiger partial charge is 0.491 e. The van der Waals surface area contributed by atoms with Crippen LogP contribution in [-0.4, -0.2) is 16.0 Å². The Balaban J connectivity index is 2.59. The molecule has 0 amide bonds. The highest BCUT2D eigenvalue weighted by molar-refractivity contribution is 7.03. The van der Waals surface area contributed by atoms with Crippen molar-refractivity contribution in [1.29, 1.82) is 0 Å². The van der Waals surface area contributed by atoms with Gasteiger partial charge in [-0.3, -0.25) is 0 Å². The predicted molar refractivity (Wildman–Crippen MR) is 40.6 cm³/mol. The van der Waals surface area contributed by atoms with Gasteiger partial charge in [-0.05, 0) is 18.5 Å². The zero-order chi connectivity index (χ0) is 7.40. The number of hydrogen-bond donors (Lipinski definition) is 0. The van der Waals surface area contributed by atoms with E-state index >= 15 is 0 Å². The first-order valence-corrected chi connectivity index (χ1v) is 3.76. The highest BCUT2D eigenvalue weighted by Crippen LogP contribution is 2.08. The minimum absolute atomic E-state index is 0.545. The third-order valence-electron chi connectivity index (χ3n) is 0.929. The van der Waals surface area contributed by atoms with Gasteiger partial charge >= 0.3 is 0 Å². The molecule has 0 saturated carbocycles. The van der Waals surface area contributed by atoms with Crippen molar-refractivity contribution in [3.05, 3.63) is 17.9 Å². The molecule has 0 spiro atoms. The normalized spacial score (nSPS) is 9.30. The van der Waals surface area contributed by atoms with Gasteiger partial charge in [0.05, 0.1) is 6.61 Å². The topological polar surface area (TPSA) is 35.0 Å². The summed E-state index contributed by atoms with van der Waals surface area (Å²) in [5.41, 5.74) is 1.65. The van der Waals surface area contributed by atoms with Crippen LogP contribution in [0.5, 0.6) is 0 Å². The van der Waals surface area contributed by atoms with E-state index in [9.17, 15) is 0 Å². The van der Waals surface area contributed by atoms with Gasteiger partial charge in [0.1, 0.15) is 5.51 Å². The van der Waals surface area contributed by atoms with Gasteiger partial charge in [0.25, 0.3) is 0 Å². The number of hydrogen-bond acceptors (Lipinski definition) is 4. The molecule has 0 radical (unpaired) electrons. The van der Waals surface area contributed by atoms with Gasteiger partial charge in [-0.25, -0.2) is 4.98 Å². The minimum Gasteiger partial charge on any atom is -0.491 e. The summed E-state index contributed by atoms with van der Waals surface area (Å²) in [4.78, 5) is 3.92. The van der Waals surface area contributed by atoms with Crippen LogP contribution in [0.15, 0.2) is 12.1 Å². The molecule has 0 aliphatic heterocycles. The van der Waals surface area contributed by atoms with Gasteiger partial charge < -0.3 is 4.74 Å². The third-order valence-corrected chi connectivity index (χ3v) is 1.41. The quantitative estimate of drug-likeness (QED) is 0.623. The SMILES string of the molecule is C=C(OCC)c1ncsn1. The number of aromatic nitrogens is 2. The van der Waals surface area contributed by atoms with Crippen LogP contribution in [0.2, 0.25) is 0 Å². The summed E-state index contributed by atoms with van der Waals surface area (Å²) in [5.74, 6) is 1.13. The van der Waals surface area contributed by atoms with Crippen molar-refractivity contribution in [3.63, 3.8) is 0 Å². The van der Waals surface area contributed by atoms with E-state index < -0.39 is 0 Å². The van der Waals surface area contributed by atoms with E-state index in [1.165, 1.54) is 11.5 Å². The molecule has 0 bridgehead atoms. The monoisotopic (exact) mass is 156 g/mol. The van der Waals surface area contributed by atoms with Crippen molar-refractivity contribution in [1.82, 2.24) is 9.36 Å².